The van der Waals surface area contributed by atoms with E-state index in [0.29, 0.717) is 19.5 Å². The molecule has 6 nitrogen and oxygen atoms in total. The Morgan fingerprint density at radius 2 is 2.15 bits per heavy atom. The maximum absolute atomic E-state index is 12.7. The van der Waals surface area contributed by atoms with E-state index in [2.05, 4.69) is 15.5 Å². The Morgan fingerprint density at radius 1 is 1.40 bits per heavy atom. The van der Waals surface area contributed by atoms with E-state index < -0.39 is 17.9 Å². The fourth-order valence-corrected chi connectivity index (χ4v) is 1.69. The van der Waals surface area contributed by atoms with Crippen LogP contribution in [0.15, 0.2) is 18.3 Å². The molecule has 0 aliphatic heterocycles. The van der Waals surface area contributed by atoms with Crippen molar-refractivity contribution in [3.63, 3.8) is 0 Å². The van der Waals surface area contributed by atoms with E-state index in [0.717, 1.165) is 10.6 Å². The van der Waals surface area contributed by atoms with Crippen LogP contribution in [0.5, 0.6) is 0 Å². The summed E-state index contributed by atoms with van der Waals surface area (Å²) in [6, 6.07) is 2.73. The van der Waals surface area contributed by atoms with E-state index in [4.69, 9.17) is 5.73 Å². The zero-order valence-corrected chi connectivity index (χ0v) is 10.3. The molecule has 0 aromatic carbocycles. The molecule has 2 heterocycles. The quantitative estimate of drug-likeness (QED) is 0.815. The lowest BCUT2D eigenvalue weighted by atomic mass is 10.2. The highest BCUT2D eigenvalue weighted by molar-refractivity contribution is 5.99. The number of nitrogens with one attached hydrogen (secondary N) is 1. The second-order valence-corrected chi connectivity index (χ2v) is 4.03. The number of nitrogens with zero attached hydrogens (tertiary/aromatic N) is 3. The summed E-state index contributed by atoms with van der Waals surface area (Å²) < 4.78 is 38.8. The summed E-state index contributed by atoms with van der Waals surface area (Å²) in [5.41, 5.74) is 5.19. The maximum atomic E-state index is 12.7. The van der Waals surface area contributed by atoms with E-state index in [9.17, 15) is 18.0 Å². The first-order valence-corrected chi connectivity index (χ1v) is 5.84. The first kappa shape index (κ1) is 14.3. The monoisotopic (exact) mass is 287 g/mol. The number of nitrogens with two attached hydrogens (primary N) is 1. The molecule has 1 amide bonds. The summed E-state index contributed by atoms with van der Waals surface area (Å²) >= 11 is 0. The van der Waals surface area contributed by atoms with Crippen molar-refractivity contribution in [3.05, 3.63) is 29.7 Å². The van der Waals surface area contributed by atoms with Gasteiger partial charge in [0.2, 0.25) is 5.82 Å². The minimum absolute atomic E-state index is 0.0347. The van der Waals surface area contributed by atoms with Crippen LogP contribution < -0.4 is 11.1 Å². The van der Waals surface area contributed by atoms with E-state index in [-0.39, 0.29) is 11.2 Å². The lowest BCUT2D eigenvalue weighted by molar-refractivity contribution is -0.145. The van der Waals surface area contributed by atoms with Gasteiger partial charge in [-0.1, -0.05) is 0 Å². The number of hydrogen-bond acceptors (Lipinski definition) is 4. The van der Waals surface area contributed by atoms with E-state index in [1.165, 1.54) is 12.1 Å². The van der Waals surface area contributed by atoms with Gasteiger partial charge in [-0.25, -0.2) is 0 Å². The number of alkyl halides is 3. The summed E-state index contributed by atoms with van der Waals surface area (Å²) in [6.45, 7) is 0.754. The predicted octanol–water partition coefficient (Wildman–Crippen LogP) is 0.827. The molecule has 3 N–H and O–H groups in total. The molecule has 0 saturated heterocycles. The van der Waals surface area contributed by atoms with Crippen molar-refractivity contribution in [2.24, 2.45) is 5.73 Å². The van der Waals surface area contributed by atoms with E-state index >= 15 is 0 Å². The first-order chi connectivity index (χ1) is 9.45. The molecular weight excluding hydrogens is 275 g/mol. The zero-order valence-electron chi connectivity index (χ0n) is 10.3. The van der Waals surface area contributed by atoms with Crippen LogP contribution in [0.1, 0.15) is 22.6 Å². The molecule has 0 radical (unpaired) electrons. The SMILES string of the molecule is NCCCNC(=O)c1cccn2c(C(F)(F)F)nnc12. The van der Waals surface area contributed by atoms with Crippen LogP contribution in [0.25, 0.3) is 5.65 Å². The average Bonchev–Trinajstić information content (AvgIpc) is 2.82. The third-order valence-electron chi connectivity index (χ3n) is 2.60. The summed E-state index contributed by atoms with van der Waals surface area (Å²) in [4.78, 5) is 11.9. The van der Waals surface area contributed by atoms with Crippen molar-refractivity contribution in [1.82, 2.24) is 19.9 Å². The van der Waals surface area contributed by atoms with Gasteiger partial charge in [-0.15, -0.1) is 10.2 Å². The van der Waals surface area contributed by atoms with Gasteiger partial charge in [-0.05, 0) is 25.1 Å². The van der Waals surface area contributed by atoms with Gasteiger partial charge in [0.05, 0.1) is 5.56 Å². The Bertz CT molecular complexity index is 622. The van der Waals surface area contributed by atoms with Gasteiger partial charge >= 0.3 is 6.18 Å². The number of hydrogen-bond donors (Lipinski definition) is 2. The Morgan fingerprint density at radius 3 is 2.80 bits per heavy atom. The molecule has 9 heteroatoms. The third-order valence-corrected chi connectivity index (χ3v) is 2.60. The zero-order chi connectivity index (χ0) is 14.8. The van der Waals surface area contributed by atoms with Gasteiger partial charge in [0, 0.05) is 12.7 Å². The molecule has 20 heavy (non-hydrogen) atoms. The van der Waals surface area contributed by atoms with Gasteiger partial charge in [0.25, 0.3) is 5.91 Å². The van der Waals surface area contributed by atoms with Gasteiger partial charge in [-0.2, -0.15) is 13.2 Å². The molecule has 0 aliphatic rings. The summed E-state index contributed by atoms with van der Waals surface area (Å²) in [6.07, 6.45) is -2.89. The second kappa shape index (κ2) is 5.45. The number of pyridine rings is 1. The highest BCUT2D eigenvalue weighted by atomic mass is 19.4. The lowest BCUT2D eigenvalue weighted by Gasteiger charge is -2.07. The molecule has 0 saturated carbocycles. The number of fused-ring (bicyclic) bond motifs is 1. The molecule has 0 unspecified atom stereocenters. The van der Waals surface area contributed by atoms with Crippen molar-refractivity contribution in [2.45, 2.75) is 12.6 Å². The highest BCUT2D eigenvalue weighted by Gasteiger charge is 2.37. The molecule has 108 valence electrons. The Hall–Kier alpha value is -2.16. The van der Waals surface area contributed by atoms with Crippen LogP contribution in [0.4, 0.5) is 13.2 Å². The number of carbonyl (C=O) groups excluding carboxylic acids is 1. The molecule has 2 aromatic rings. The van der Waals surface area contributed by atoms with Crippen LogP contribution in [0, 0.1) is 0 Å². The topological polar surface area (TPSA) is 85.3 Å². The van der Waals surface area contributed by atoms with Crippen LogP contribution in [0.2, 0.25) is 0 Å². The average molecular weight is 287 g/mol. The molecule has 0 spiro atoms. The van der Waals surface area contributed by atoms with Crippen LogP contribution in [-0.2, 0) is 6.18 Å². The normalized spacial score (nSPS) is 11.8. The van der Waals surface area contributed by atoms with Crippen molar-refractivity contribution in [1.29, 1.82) is 0 Å². The standard InChI is InChI=1S/C11H12F3N5O/c12-11(13,14)10-18-17-8-7(3-1-6-19(8)10)9(20)16-5-2-4-15/h1,3,6H,2,4-5,15H2,(H,16,20). The number of amides is 1. The van der Waals surface area contributed by atoms with Gasteiger partial charge in [0.15, 0.2) is 5.65 Å². The molecule has 0 atom stereocenters. The maximum Gasteiger partial charge on any atom is 0.452 e. The largest absolute Gasteiger partial charge is 0.452 e. The van der Waals surface area contributed by atoms with Gasteiger partial charge in [0.1, 0.15) is 0 Å². The van der Waals surface area contributed by atoms with Crippen LogP contribution in [0.3, 0.4) is 0 Å². The lowest BCUT2D eigenvalue weighted by Crippen LogP contribution is -2.26. The Labute approximate surface area is 111 Å². The van der Waals surface area contributed by atoms with Crippen molar-refractivity contribution in [3.8, 4) is 0 Å². The van der Waals surface area contributed by atoms with Crippen molar-refractivity contribution < 1.29 is 18.0 Å². The molecule has 0 aliphatic carbocycles. The molecule has 0 bridgehead atoms. The summed E-state index contributed by atoms with van der Waals surface area (Å²) in [7, 11) is 0. The van der Waals surface area contributed by atoms with Crippen molar-refractivity contribution >= 4 is 11.6 Å². The number of halogens is 3. The Balaban J connectivity index is 2.36. The molecule has 0 fully saturated rings. The minimum atomic E-state index is -4.63. The van der Waals surface area contributed by atoms with Gasteiger partial charge in [-0.3, -0.25) is 9.20 Å². The summed E-state index contributed by atoms with van der Waals surface area (Å²) in [5.74, 6) is -1.67. The predicted molar refractivity (Wildman–Crippen MR) is 64.0 cm³/mol. The second-order valence-electron chi connectivity index (χ2n) is 4.03. The van der Waals surface area contributed by atoms with E-state index in [1.807, 2.05) is 0 Å². The molecule has 2 aromatic heterocycles. The van der Waals surface area contributed by atoms with E-state index in [1.54, 1.807) is 0 Å². The highest BCUT2D eigenvalue weighted by Crippen LogP contribution is 2.28. The number of aromatic nitrogens is 3. The first-order valence-electron chi connectivity index (χ1n) is 5.84. The van der Waals surface area contributed by atoms with Crippen LogP contribution >= 0.6 is 0 Å². The summed E-state index contributed by atoms with van der Waals surface area (Å²) in [5, 5.41) is 9.09. The smallest absolute Gasteiger partial charge is 0.352 e. The number of carbonyl (C=O) groups is 1. The fourth-order valence-electron chi connectivity index (χ4n) is 1.69. The van der Waals surface area contributed by atoms with Gasteiger partial charge < -0.3 is 11.1 Å². The Kier molecular flexibility index (Phi) is 3.89. The molecule has 2 rings (SSSR count). The third kappa shape index (κ3) is 2.72. The number of rotatable bonds is 4. The minimum Gasteiger partial charge on any atom is -0.352 e. The van der Waals surface area contributed by atoms with Crippen molar-refractivity contribution in [2.75, 3.05) is 13.1 Å². The fraction of sp³-hybridized carbons (Fsp3) is 0.364. The molecular formula is C11H12F3N5O. The van der Waals surface area contributed by atoms with Crippen LogP contribution in [-0.4, -0.2) is 33.6 Å².